The highest BCUT2D eigenvalue weighted by Crippen LogP contribution is 2.35. The van der Waals surface area contributed by atoms with Crippen molar-refractivity contribution >= 4 is 39.8 Å². The molecule has 0 bridgehead atoms. The Morgan fingerprint density at radius 2 is 2.00 bits per heavy atom. The first-order valence-electron chi connectivity index (χ1n) is 9.32. The molecular formula is C20H17ClF3N5OS. The summed E-state index contributed by atoms with van der Waals surface area (Å²) in [5.74, 6) is -1.35. The van der Waals surface area contributed by atoms with Crippen LogP contribution >= 0.6 is 22.9 Å². The van der Waals surface area contributed by atoms with Gasteiger partial charge in [0.2, 0.25) is 0 Å². The lowest BCUT2D eigenvalue weighted by Gasteiger charge is -2.27. The molecule has 0 spiro atoms. The zero-order chi connectivity index (χ0) is 22.3. The van der Waals surface area contributed by atoms with Gasteiger partial charge in [-0.15, -0.1) is 0 Å². The van der Waals surface area contributed by atoms with Crippen molar-refractivity contribution in [1.82, 2.24) is 15.0 Å². The first-order chi connectivity index (χ1) is 14.6. The number of hydrogen-bond acceptors (Lipinski definition) is 6. The zero-order valence-corrected chi connectivity index (χ0v) is 18.1. The number of hydrogen-bond donors (Lipinski definition) is 1. The van der Waals surface area contributed by atoms with Crippen LogP contribution in [0.1, 0.15) is 21.7 Å². The number of carbonyl (C=O) groups is 1. The number of aromatic nitrogens is 3. The lowest BCUT2D eigenvalue weighted by Crippen LogP contribution is -2.30. The molecule has 0 fully saturated rings. The number of carbonyl (C=O) groups excluding carboxylic acids is 1. The van der Waals surface area contributed by atoms with Crippen LogP contribution in [-0.2, 0) is 17.8 Å². The van der Waals surface area contributed by atoms with E-state index in [2.05, 4.69) is 15.0 Å². The molecular weight excluding hydrogens is 451 g/mol. The number of halogens is 4. The second-order valence-electron chi connectivity index (χ2n) is 7.21. The van der Waals surface area contributed by atoms with Gasteiger partial charge >= 0.3 is 12.1 Å². The summed E-state index contributed by atoms with van der Waals surface area (Å²) in [6, 6.07) is 3.89. The van der Waals surface area contributed by atoms with Crippen LogP contribution < -0.4 is 10.2 Å². The summed E-state index contributed by atoms with van der Waals surface area (Å²) in [6.45, 7) is 4.93. The van der Waals surface area contributed by atoms with Gasteiger partial charge in [0, 0.05) is 35.8 Å². The third-order valence-corrected chi connectivity index (χ3v) is 6.14. The maximum absolute atomic E-state index is 12.5. The Balaban J connectivity index is 1.58. The molecule has 162 valence electrons. The minimum atomic E-state index is -4.95. The molecule has 3 aromatic rings. The predicted octanol–water partition coefficient (Wildman–Crippen LogP) is 4.93. The Morgan fingerprint density at radius 3 is 2.71 bits per heavy atom. The number of aryl methyl sites for hydroxylation is 2. The third-order valence-electron chi connectivity index (χ3n) is 4.84. The van der Waals surface area contributed by atoms with Gasteiger partial charge in [0.1, 0.15) is 5.82 Å². The molecule has 3 aromatic heterocycles. The fraction of sp³-hybridized carbons (Fsp3) is 0.300. The number of pyridine rings is 2. The van der Waals surface area contributed by atoms with Gasteiger partial charge in [-0.3, -0.25) is 15.1 Å². The summed E-state index contributed by atoms with van der Waals surface area (Å²) in [5.41, 5.74) is 4.26. The average Bonchev–Trinajstić information content (AvgIpc) is 3.09. The summed E-state index contributed by atoms with van der Waals surface area (Å²) < 4.78 is 37.5. The number of alkyl halides is 3. The second kappa shape index (κ2) is 8.08. The lowest BCUT2D eigenvalue weighted by molar-refractivity contribution is -0.167. The Morgan fingerprint density at radius 1 is 1.23 bits per heavy atom. The largest absolute Gasteiger partial charge is 0.471 e. The van der Waals surface area contributed by atoms with Gasteiger partial charge in [-0.1, -0.05) is 29.0 Å². The van der Waals surface area contributed by atoms with Gasteiger partial charge in [-0.05, 0) is 31.0 Å². The molecule has 0 atom stereocenters. The van der Waals surface area contributed by atoms with Crippen molar-refractivity contribution in [3.8, 4) is 11.3 Å². The van der Waals surface area contributed by atoms with Crippen LogP contribution in [0.4, 0.5) is 24.1 Å². The highest BCUT2D eigenvalue weighted by Gasteiger charge is 2.39. The summed E-state index contributed by atoms with van der Waals surface area (Å²) >= 11 is 7.43. The monoisotopic (exact) mass is 467 g/mol. The van der Waals surface area contributed by atoms with Crippen LogP contribution in [0.3, 0.4) is 0 Å². The fourth-order valence-electron chi connectivity index (χ4n) is 3.39. The number of thiazole rings is 1. The highest BCUT2D eigenvalue weighted by atomic mass is 35.5. The molecule has 0 saturated heterocycles. The SMILES string of the molecule is Cc1cnc(-c2cc(N3CCc4nc(NC(=O)C(F)(F)F)sc4C3)ncc2Cl)c(C)c1. The van der Waals surface area contributed by atoms with Gasteiger partial charge in [0.05, 0.1) is 23.0 Å². The smallest absolute Gasteiger partial charge is 0.351 e. The summed E-state index contributed by atoms with van der Waals surface area (Å²) in [5, 5.41) is 2.25. The molecule has 4 heterocycles. The minimum absolute atomic E-state index is 0.0570. The van der Waals surface area contributed by atoms with Gasteiger partial charge in [-0.2, -0.15) is 13.2 Å². The molecule has 31 heavy (non-hydrogen) atoms. The molecule has 0 saturated carbocycles. The zero-order valence-electron chi connectivity index (χ0n) is 16.5. The average molecular weight is 468 g/mol. The molecule has 1 aliphatic heterocycles. The van der Waals surface area contributed by atoms with E-state index < -0.39 is 12.1 Å². The third kappa shape index (κ3) is 4.49. The molecule has 11 heteroatoms. The van der Waals surface area contributed by atoms with Crippen LogP contribution in [0.5, 0.6) is 0 Å². The van der Waals surface area contributed by atoms with Crippen LogP contribution in [0.25, 0.3) is 11.3 Å². The van der Waals surface area contributed by atoms with Crippen LogP contribution in [0.15, 0.2) is 24.5 Å². The Bertz CT molecular complexity index is 1160. The maximum Gasteiger partial charge on any atom is 0.471 e. The van der Waals surface area contributed by atoms with Crippen LogP contribution in [0, 0.1) is 13.8 Å². The molecule has 6 nitrogen and oxygen atoms in total. The molecule has 1 N–H and O–H groups in total. The fourth-order valence-corrected chi connectivity index (χ4v) is 4.60. The van der Waals surface area contributed by atoms with Crippen molar-refractivity contribution in [2.45, 2.75) is 33.0 Å². The van der Waals surface area contributed by atoms with E-state index in [0.29, 0.717) is 36.0 Å². The summed E-state index contributed by atoms with van der Waals surface area (Å²) in [7, 11) is 0. The maximum atomic E-state index is 12.5. The van der Waals surface area contributed by atoms with Crippen molar-refractivity contribution in [2.75, 3.05) is 16.8 Å². The van der Waals surface area contributed by atoms with E-state index in [1.807, 2.05) is 36.2 Å². The standard InChI is InChI=1S/C20H17ClF3N5OS/c1-10-5-11(2)17(26-7-10)12-6-16(25-8-13(12)21)29-4-3-14-15(9-29)31-19(27-14)28-18(30)20(22,23)24/h5-8H,3-4,9H2,1-2H3,(H,27,28,30). The van der Waals surface area contributed by atoms with Crippen LogP contribution in [-0.4, -0.2) is 33.6 Å². The van der Waals surface area contributed by atoms with E-state index in [1.165, 1.54) is 0 Å². The Labute approximate surface area is 185 Å². The van der Waals surface area contributed by atoms with E-state index in [0.717, 1.165) is 38.6 Å². The van der Waals surface area contributed by atoms with Gasteiger partial charge in [0.15, 0.2) is 5.13 Å². The molecule has 4 rings (SSSR count). The first kappa shape index (κ1) is 21.5. The van der Waals surface area contributed by atoms with Crippen LogP contribution in [0.2, 0.25) is 5.02 Å². The van der Waals surface area contributed by atoms with Crippen molar-refractivity contribution in [3.05, 3.63) is 51.2 Å². The van der Waals surface area contributed by atoms with E-state index in [4.69, 9.17) is 11.6 Å². The number of nitrogens with one attached hydrogen (secondary N) is 1. The Kier molecular flexibility index (Phi) is 5.61. The quantitative estimate of drug-likeness (QED) is 0.591. The first-order valence-corrected chi connectivity index (χ1v) is 10.5. The number of amides is 1. The van der Waals surface area contributed by atoms with Crippen molar-refractivity contribution in [3.63, 3.8) is 0 Å². The molecule has 0 radical (unpaired) electrons. The summed E-state index contributed by atoms with van der Waals surface area (Å²) in [4.78, 5) is 27.0. The normalized spacial score (nSPS) is 13.8. The van der Waals surface area contributed by atoms with E-state index in [-0.39, 0.29) is 5.13 Å². The number of anilines is 2. The van der Waals surface area contributed by atoms with E-state index in [9.17, 15) is 18.0 Å². The van der Waals surface area contributed by atoms with Gasteiger partial charge in [-0.25, -0.2) is 9.97 Å². The van der Waals surface area contributed by atoms with Crippen molar-refractivity contribution < 1.29 is 18.0 Å². The second-order valence-corrected chi connectivity index (χ2v) is 8.70. The topological polar surface area (TPSA) is 71.0 Å². The molecule has 0 unspecified atom stereocenters. The number of nitrogens with zero attached hydrogens (tertiary/aromatic N) is 4. The van der Waals surface area contributed by atoms with E-state index in [1.54, 1.807) is 12.4 Å². The Hall–Kier alpha value is -2.72. The van der Waals surface area contributed by atoms with Gasteiger partial charge in [0.25, 0.3) is 0 Å². The lowest BCUT2D eigenvalue weighted by atomic mass is 10.1. The number of fused-ring (bicyclic) bond motifs is 1. The van der Waals surface area contributed by atoms with Crippen molar-refractivity contribution in [2.24, 2.45) is 0 Å². The number of rotatable bonds is 3. The molecule has 0 aliphatic carbocycles. The highest BCUT2D eigenvalue weighted by molar-refractivity contribution is 7.15. The predicted molar refractivity (Wildman–Crippen MR) is 114 cm³/mol. The minimum Gasteiger partial charge on any atom is -0.351 e. The summed E-state index contributed by atoms with van der Waals surface area (Å²) in [6.07, 6.45) is -1.08. The molecule has 0 aromatic carbocycles. The van der Waals surface area contributed by atoms with E-state index >= 15 is 0 Å². The molecule has 1 amide bonds. The molecule has 1 aliphatic rings. The van der Waals surface area contributed by atoms with Gasteiger partial charge < -0.3 is 4.90 Å². The van der Waals surface area contributed by atoms with Crippen molar-refractivity contribution in [1.29, 1.82) is 0 Å².